The molecule has 256 valence electrons. The van der Waals surface area contributed by atoms with Crippen LogP contribution in [-0.4, -0.2) is 87.4 Å². The number of nitrogens with zero attached hydrogens (tertiary/aromatic N) is 5. The van der Waals surface area contributed by atoms with Gasteiger partial charge in [0.1, 0.15) is 6.17 Å². The molecule has 3 saturated heterocycles. The molecule has 2 aromatic heterocycles. The van der Waals surface area contributed by atoms with E-state index in [2.05, 4.69) is 35.7 Å². The molecule has 3 aliphatic heterocycles. The van der Waals surface area contributed by atoms with Crippen LogP contribution in [0.3, 0.4) is 0 Å². The molecule has 5 heterocycles. The minimum atomic E-state index is -2.97. The van der Waals surface area contributed by atoms with Crippen LogP contribution in [0, 0.1) is 11.3 Å². The number of anilines is 2. The van der Waals surface area contributed by atoms with Crippen LogP contribution in [-0.2, 0) is 22.4 Å². The number of hydrogen-bond acceptors (Lipinski definition) is 7. The van der Waals surface area contributed by atoms with Gasteiger partial charge in [-0.15, -0.1) is 0 Å². The monoisotopic (exact) mass is 666 g/mol. The first kappa shape index (κ1) is 32.4. The number of nitrogens with one attached hydrogen (secondary N) is 3. The second-order valence-electron chi connectivity index (χ2n) is 14.5. The molecule has 11 nitrogen and oxygen atoms in total. The van der Waals surface area contributed by atoms with Gasteiger partial charge in [0.2, 0.25) is 11.8 Å². The number of amides is 3. The Bertz CT molecular complexity index is 1700. The Hall–Kier alpha value is -4.20. The number of carbonyl (C=O) groups excluding carboxylic acids is 3. The number of carbonyl (C=O) groups is 3. The summed E-state index contributed by atoms with van der Waals surface area (Å²) in [4.78, 5) is 41.2. The van der Waals surface area contributed by atoms with Crippen molar-refractivity contribution in [2.75, 3.05) is 42.9 Å². The summed E-state index contributed by atoms with van der Waals surface area (Å²) in [7, 11) is 0. The van der Waals surface area contributed by atoms with Crippen LogP contribution >= 0.6 is 0 Å². The highest BCUT2D eigenvalue weighted by molar-refractivity contribution is 6.04. The van der Waals surface area contributed by atoms with Crippen LogP contribution in [0.4, 0.5) is 24.5 Å². The first-order valence-corrected chi connectivity index (χ1v) is 16.7. The zero-order valence-corrected chi connectivity index (χ0v) is 27.1. The number of piperidine rings is 2. The summed E-state index contributed by atoms with van der Waals surface area (Å²) < 4.78 is 46.5. The zero-order chi connectivity index (χ0) is 33.8. The maximum absolute atomic E-state index is 15.5. The van der Waals surface area contributed by atoms with Crippen molar-refractivity contribution in [1.82, 2.24) is 30.2 Å². The summed E-state index contributed by atoms with van der Waals surface area (Å²) in [6.07, 6.45) is 3.85. The number of likely N-dealkylation sites (tertiary alicyclic amines) is 1. The molecule has 0 radical (unpaired) electrons. The number of H-pyrrole nitrogens is 1. The van der Waals surface area contributed by atoms with Gasteiger partial charge >= 0.3 is 0 Å². The number of aromatic nitrogens is 4. The summed E-state index contributed by atoms with van der Waals surface area (Å²) in [6.45, 7) is 6.58. The van der Waals surface area contributed by atoms with E-state index < -0.39 is 35.9 Å². The molecular formula is C34H41F3N8O3. The number of halogens is 3. The molecule has 4 aliphatic rings. The summed E-state index contributed by atoms with van der Waals surface area (Å²) in [6, 6.07) is 7.53. The maximum Gasteiger partial charge on any atom is 0.276 e. The van der Waals surface area contributed by atoms with E-state index in [0.29, 0.717) is 43.1 Å². The number of fused-ring (bicyclic) bond motifs is 1. The molecule has 1 aromatic carbocycles. The summed E-state index contributed by atoms with van der Waals surface area (Å²) in [5.41, 5.74) is 1.83. The van der Waals surface area contributed by atoms with Crippen molar-refractivity contribution in [2.24, 2.45) is 11.3 Å². The van der Waals surface area contributed by atoms with Crippen LogP contribution in [0.5, 0.6) is 0 Å². The highest BCUT2D eigenvalue weighted by Crippen LogP contribution is 2.46. The summed E-state index contributed by atoms with van der Waals surface area (Å²) >= 11 is 0. The van der Waals surface area contributed by atoms with Gasteiger partial charge in [0.25, 0.3) is 11.8 Å². The van der Waals surface area contributed by atoms with Gasteiger partial charge in [0.15, 0.2) is 5.69 Å². The molecule has 3 fully saturated rings. The average Bonchev–Trinajstić information content (AvgIpc) is 3.78. The van der Waals surface area contributed by atoms with Crippen LogP contribution in [0.25, 0.3) is 0 Å². The Kier molecular flexibility index (Phi) is 8.33. The third-order valence-corrected chi connectivity index (χ3v) is 10.7. The predicted molar refractivity (Wildman–Crippen MR) is 172 cm³/mol. The topological polar surface area (TPSA) is 128 Å². The van der Waals surface area contributed by atoms with E-state index in [-0.39, 0.29) is 42.0 Å². The van der Waals surface area contributed by atoms with Gasteiger partial charge in [-0.25, -0.2) is 13.2 Å². The maximum atomic E-state index is 15.5. The second kappa shape index (κ2) is 12.4. The Labute approximate surface area is 276 Å². The predicted octanol–water partition coefficient (Wildman–Crippen LogP) is 4.25. The van der Waals surface area contributed by atoms with E-state index >= 15 is 4.39 Å². The highest BCUT2D eigenvalue weighted by atomic mass is 19.3. The van der Waals surface area contributed by atoms with E-state index in [1.165, 1.54) is 20.0 Å². The Morgan fingerprint density at radius 1 is 1.06 bits per heavy atom. The van der Waals surface area contributed by atoms with Gasteiger partial charge < -0.3 is 10.2 Å². The minimum absolute atomic E-state index is 0.0562. The van der Waals surface area contributed by atoms with Gasteiger partial charge in [-0.1, -0.05) is 26.0 Å². The Balaban J connectivity index is 0.899. The number of alkyl halides is 3. The molecule has 3 N–H and O–H groups in total. The lowest BCUT2D eigenvalue weighted by Gasteiger charge is -2.37. The second-order valence-corrected chi connectivity index (χ2v) is 14.5. The SMILES string of the molecule is CC1(C)Cc2[nH]nc(C(=O)Nc3cnn([C@H]4CCN(C[C@@H]5CCN(c6ccc(C7CCC(=O)NC7=O)cc6)C5)C[C@@H]4F)c3)c2CC1(F)F. The smallest absolute Gasteiger partial charge is 0.276 e. The molecule has 0 spiro atoms. The van der Waals surface area contributed by atoms with Gasteiger partial charge in [-0.3, -0.25) is 34.4 Å². The van der Waals surface area contributed by atoms with Crippen molar-refractivity contribution in [2.45, 2.75) is 76.4 Å². The van der Waals surface area contributed by atoms with Gasteiger partial charge in [-0.2, -0.15) is 10.2 Å². The molecule has 1 aliphatic carbocycles. The molecule has 0 saturated carbocycles. The van der Waals surface area contributed by atoms with Crippen molar-refractivity contribution >= 4 is 29.1 Å². The minimum Gasteiger partial charge on any atom is -0.371 e. The van der Waals surface area contributed by atoms with E-state index in [4.69, 9.17) is 0 Å². The molecule has 14 heteroatoms. The molecule has 4 atom stereocenters. The van der Waals surface area contributed by atoms with E-state index in [0.717, 1.165) is 37.3 Å². The van der Waals surface area contributed by atoms with Crippen LogP contribution < -0.4 is 15.5 Å². The van der Waals surface area contributed by atoms with Crippen molar-refractivity contribution in [3.8, 4) is 0 Å². The third kappa shape index (κ3) is 6.22. The van der Waals surface area contributed by atoms with Crippen molar-refractivity contribution < 1.29 is 27.6 Å². The average molecular weight is 667 g/mol. The summed E-state index contributed by atoms with van der Waals surface area (Å²) in [5, 5.41) is 16.2. The van der Waals surface area contributed by atoms with Crippen molar-refractivity contribution in [3.05, 3.63) is 59.2 Å². The standard InChI is InChI=1S/C34H41F3N8O3/c1-33(2)14-27-25(13-34(33,36)37)30(42-41-27)32(48)39-22-15-38-45(18-22)28-10-11-43(19-26(28)35)16-20-9-12-44(17-20)23-5-3-21(4-6-23)24-7-8-29(46)40-31(24)47/h3-6,15,18,20,24,26,28H,7-14,16-17,19H2,1-2H3,(H,39,48)(H,41,42)(H,40,46,47)/t20-,24?,26-,28-/m0/s1. The molecule has 3 amide bonds. The van der Waals surface area contributed by atoms with Crippen LogP contribution in [0.1, 0.15) is 78.8 Å². The lowest BCUT2D eigenvalue weighted by Crippen LogP contribution is -2.45. The molecule has 0 bridgehead atoms. The first-order valence-electron chi connectivity index (χ1n) is 16.7. The van der Waals surface area contributed by atoms with Gasteiger partial charge in [0, 0.05) is 80.5 Å². The van der Waals surface area contributed by atoms with E-state index in [1.807, 2.05) is 24.3 Å². The third-order valence-electron chi connectivity index (χ3n) is 10.7. The fraction of sp³-hybridized carbons (Fsp3) is 0.559. The fourth-order valence-corrected chi connectivity index (χ4v) is 7.66. The normalized spacial score (nSPS) is 27.1. The Morgan fingerprint density at radius 3 is 2.60 bits per heavy atom. The van der Waals surface area contributed by atoms with E-state index in [9.17, 15) is 23.2 Å². The first-order chi connectivity index (χ1) is 22.9. The quantitative estimate of drug-likeness (QED) is 0.322. The largest absolute Gasteiger partial charge is 0.371 e. The van der Waals surface area contributed by atoms with Crippen molar-refractivity contribution in [1.29, 1.82) is 0 Å². The van der Waals surface area contributed by atoms with Crippen LogP contribution in [0.2, 0.25) is 0 Å². The number of rotatable bonds is 7. The highest BCUT2D eigenvalue weighted by Gasteiger charge is 2.51. The van der Waals surface area contributed by atoms with Crippen LogP contribution in [0.15, 0.2) is 36.7 Å². The number of imide groups is 1. The summed E-state index contributed by atoms with van der Waals surface area (Å²) in [5.74, 6) is -3.94. The number of aromatic amines is 1. The van der Waals surface area contributed by atoms with Crippen molar-refractivity contribution in [3.63, 3.8) is 0 Å². The number of hydrogen-bond donors (Lipinski definition) is 3. The molecule has 1 unspecified atom stereocenters. The lowest BCUT2D eigenvalue weighted by molar-refractivity contribution is -0.134. The zero-order valence-electron chi connectivity index (χ0n) is 27.1. The van der Waals surface area contributed by atoms with E-state index in [1.54, 1.807) is 10.9 Å². The molecular weight excluding hydrogens is 625 g/mol. The fourth-order valence-electron chi connectivity index (χ4n) is 7.66. The Morgan fingerprint density at radius 2 is 1.85 bits per heavy atom. The molecule has 3 aromatic rings. The lowest BCUT2D eigenvalue weighted by atomic mass is 9.73. The molecule has 48 heavy (non-hydrogen) atoms. The number of benzene rings is 1. The van der Waals surface area contributed by atoms with Gasteiger partial charge in [0.05, 0.1) is 23.8 Å². The molecule has 7 rings (SSSR count). The van der Waals surface area contributed by atoms with Gasteiger partial charge in [-0.05, 0) is 42.9 Å².